The fourth-order valence-electron chi connectivity index (χ4n) is 3.82. The van der Waals surface area contributed by atoms with Crippen molar-refractivity contribution in [1.29, 1.82) is 0 Å². The van der Waals surface area contributed by atoms with E-state index < -0.39 is 10.0 Å². The van der Waals surface area contributed by atoms with Crippen LogP contribution in [0.3, 0.4) is 0 Å². The summed E-state index contributed by atoms with van der Waals surface area (Å²) < 4.78 is 28.0. The van der Waals surface area contributed by atoms with E-state index in [0.717, 1.165) is 11.3 Å². The number of carbonyl (C=O) groups excluding carboxylic acids is 2. The number of amides is 2. The van der Waals surface area contributed by atoms with Gasteiger partial charge in [0.2, 0.25) is 10.0 Å². The monoisotopic (exact) mass is 497 g/mol. The Balaban J connectivity index is 1.37. The lowest BCUT2D eigenvalue weighted by molar-refractivity contribution is 0.0535. The molecule has 178 valence electrons. The van der Waals surface area contributed by atoms with Crippen LogP contribution in [0.25, 0.3) is 0 Å². The van der Waals surface area contributed by atoms with E-state index in [9.17, 15) is 18.0 Å². The van der Waals surface area contributed by atoms with Crippen LogP contribution in [-0.2, 0) is 23.0 Å². The topological polar surface area (TPSA) is 86.8 Å². The van der Waals surface area contributed by atoms with Gasteiger partial charge in [-0.1, -0.05) is 31.2 Å². The SMILES string of the molecule is CCc1ccc(C(=O)N2CCN(C(=O)c3cccc(S(=O)(=O)NCc4cccs4)c3)CC2)cc1. The quantitative estimate of drug-likeness (QED) is 0.542. The summed E-state index contributed by atoms with van der Waals surface area (Å²) in [6, 6.07) is 17.4. The Morgan fingerprint density at radius 3 is 2.12 bits per heavy atom. The second-order valence-corrected chi connectivity index (χ2v) is 10.9. The number of nitrogens with one attached hydrogen (secondary N) is 1. The van der Waals surface area contributed by atoms with Crippen molar-refractivity contribution in [2.45, 2.75) is 24.8 Å². The van der Waals surface area contributed by atoms with Gasteiger partial charge in [-0.2, -0.15) is 0 Å². The lowest BCUT2D eigenvalue weighted by Crippen LogP contribution is -2.50. The molecule has 2 amide bonds. The second kappa shape index (κ2) is 10.5. The Kier molecular flexibility index (Phi) is 7.45. The van der Waals surface area contributed by atoms with E-state index in [1.165, 1.54) is 29.0 Å². The summed E-state index contributed by atoms with van der Waals surface area (Å²) in [5.41, 5.74) is 2.14. The molecule has 0 radical (unpaired) electrons. The zero-order valence-corrected chi connectivity index (χ0v) is 20.6. The van der Waals surface area contributed by atoms with Crippen LogP contribution in [0.2, 0.25) is 0 Å². The molecule has 2 heterocycles. The molecule has 9 heteroatoms. The maximum atomic E-state index is 13.0. The number of hydrogen-bond donors (Lipinski definition) is 1. The number of benzene rings is 2. The molecule has 7 nitrogen and oxygen atoms in total. The lowest BCUT2D eigenvalue weighted by atomic mass is 10.1. The number of thiophene rings is 1. The van der Waals surface area contributed by atoms with Crippen LogP contribution >= 0.6 is 11.3 Å². The molecule has 0 saturated carbocycles. The summed E-state index contributed by atoms with van der Waals surface area (Å²) in [4.78, 5) is 30.2. The minimum Gasteiger partial charge on any atom is -0.335 e. The van der Waals surface area contributed by atoms with Crippen molar-refractivity contribution in [2.75, 3.05) is 26.2 Å². The molecule has 0 unspecified atom stereocenters. The van der Waals surface area contributed by atoms with Crippen LogP contribution in [0.5, 0.6) is 0 Å². The predicted octanol–water partition coefficient (Wildman–Crippen LogP) is 3.39. The van der Waals surface area contributed by atoms with Gasteiger partial charge in [0.1, 0.15) is 0 Å². The molecule has 1 aliphatic rings. The van der Waals surface area contributed by atoms with Crippen LogP contribution in [0.4, 0.5) is 0 Å². The van der Waals surface area contributed by atoms with Gasteiger partial charge in [0.15, 0.2) is 0 Å². The van der Waals surface area contributed by atoms with Crippen LogP contribution in [0, 0.1) is 0 Å². The number of rotatable bonds is 7. The van der Waals surface area contributed by atoms with Crippen LogP contribution < -0.4 is 4.72 Å². The van der Waals surface area contributed by atoms with Gasteiger partial charge in [-0.25, -0.2) is 13.1 Å². The fraction of sp³-hybridized carbons (Fsp3) is 0.280. The van der Waals surface area contributed by atoms with E-state index in [2.05, 4.69) is 11.6 Å². The van der Waals surface area contributed by atoms with Crippen molar-refractivity contribution >= 4 is 33.2 Å². The number of aryl methyl sites for hydroxylation is 1. The maximum Gasteiger partial charge on any atom is 0.254 e. The Morgan fingerprint density at radius 2 is 1.53 bits per heavy atom. The molecule has 0 aliphatic carbocycles. The van der Waals surface area contributed by atoms with Gasteiger partial charge < -0.3 is 9.80 Å². The summed E-state index contributed by atoms with van der Waals surface area (Å²) in [5, 5.41) is 1.89. The fourth-order valence-corrected chi connectivity index (χ4v) is 5.61. The van der Waals surface area contributed by atoms with Gasteiger partial charge in [-0.3, -0.25) is 9.59 Å². The highest BCUT2D eigenvalue weighted by Gasteiger charge is 2.26. The van der Waals surface area contributed by atoms with Crippen LogP contribution in [0.15, 0.2) is 70.9 Å². The first-order valence-corrected chi connectivity index (χ1v) is 13.5. The molecule has 1 aromatic heterocycles. The largest absolute Gasteiger partial charge is 0.335 e. The van der Waals surface area contributed by atoms with Gasteiger partial charge in [-0.15, -0.1) is 11.3 Å². The molecule has 1 N–H and O–H groups in total. The zero-order chi connectivity index (χ0) is 24.1. The number of nitrogens with zero attached hydrogens (tertiary/aromatic N) is 2. The highest BCUT2D eigenvalue weighted by molar-refractivity contribution is 7.89. The Bertz CT molecular complexity index is 1250. The summed E-state index contributed by atoms with van der Waals surface area (Å²) in [6.45, 7) is 3.92. The van der Waals surface area contributed by atoms with Crippen molar-refractivity contribution < 1.29 is 18.0 Å². The third-order valence-electron chi connectivity index (χ3n) is 5.87. The van der Waals surface area contributed by atoms with E-state index in [4.69, 9.17) is 0 Å². The normalized spacial score (nSPS) is 14.3. The van der Waals surface area contributed by atoms with Crippen molar-refractivity contribution in [3.8, 4) is 0 Å². The zero-order valence-electron chi connectivity index (χ0n) is 18.9. The average Bonchev–Trinajstić information content (AvgIpc) is 3.41. The Hall–Kier alpha value is -3.01. The molecule has 4 rings (SSSR count). The summed E-state index contributed by atoms with van der Waals surface area (Å²) in [7, 11) is -3.75. The van der Waals surface area contributed by atoms with E-state index in [0.29, 0.717) is 37.3 Å². The predicted molar refractivity (Wildman–Crippen MR) is 132 cm³/mol. The standard InChI is InChI=1S/C25H27N3O4S2/c1-2-19-8-10-20(11-9-19)24(29)27-12-14-28(15-13-27)25(30)21-5-3-7-23(17-21)34(31,32)26-18-22-6-4-16-33-22/h3-11,16-17,26H,2,12-15,18H2,1H3. The second-order valence-electron chi connectivity index (χ2n) is 8.07. The highest BCUT2D eigenvalue weighted by Crippen LogP contribution is 2.17. The third kappa shape index (κ3) is 5.55. The molecule has 0 bridgehead atoms. The summed E-state index contributed by atoms with van der Waals surface area (Å²) >= 11 is 1.47. The van der Waals surface area contributed by atoms with E-state index in [-0.39, 0.29) is 23.3 Å². The number of sulfonamides is 1. The van der Waals surface area contributed by atoms with Crippen LogP contribution in [0.1, 0.15) is 38.1 Å². The molecule has 0 atom stereocenters. The smallest absolute Gasteiger partial charge is 0.254 e. The summed E-state index contributed by atoms with van der Waals surface area (Å²) in [6.07, 6.45) is 0.919. The number of hydrogen-bond acceptors (Lipinski definition) is 5. The molecule has 1 aliphatic heterocycles. The Labute approximate surface area is 204 Å². The first-order chi connectivity index (χ1) is 16.4. The molecule has 34 heavy (non-hydrogen) atoms. The van der Waals surface area contributed by atoms with Gasteiger partial charge >= 0.3 is 0 Å². The van der Waals surface area contributed by atoms with Crippen LogP contribution in [-0.4, -0.2) is 56.2 Å². The van der Waals surface area contributed by atoms with Gasteiger partial charge in [0, 0.05) is 48.7 Å². The first-order valence-electron chi connectivity index (χ1n) is 11.2. The average molecular weight is 498 g/mol. The lowest BCUT2D eigenvalue weighted by Gasteiger charge is -2.35. The minimum atomic E-state index is -3.75. The van der Waals surface area contributed by atoms with Gasteiger partial charge in [-0.05, 0) is 53.8 Å². The van der Waals surface area contributed by atoms with Gasteiger partial charge in [0.25, 0.3) is 11.8 Å². The first kappa shape index (κ1) is 24.1. The van der Waals surface area contributed by atoms with Crippen molar-refractivity contribution in [3.05, 3.63) is 87.6 Å². The van der Waals surface area contributed by atoms with E-state index in [1.54, 1.807) is 21.9 Å². The molecule has 3 aromatic rings. The van der Waals surface area contributed by atoms with Crippen molar-refractivity contribution in [3.63, 3.8) is 0 Å². The minimum absolute atomic E-state index is 0.0420. The van der Waals surface area contributed by atoms with Gasteiger partial charge in [0.05, 0.1) is 4.90 Å². The molecular weight excluding hydrogens is 470 g/mol. The van der Waals surface area contributed by atoms with E-state index in [1.807, 2.05) is 41.8 Å². The Morgan fingerprint density at radius 1 is 0.882 bits per heavy atom. The molecular formula is C25H27N3O4S2. The third-order valence-corrected chi connectivity index (χ3v) is 8.15. The molecule has 2 aromatic carbocycles. The maximum absolute atomic E-state index is 13.0. The molecule has 1 saturated heterocycles. The number of piperazine rings is 1. The molecule has 0 spiro atoms. The van der Waals surface area contributed by atoms with Crippen molar-refractivity contribution in [1.82, 2.24) is 14.5 Å². The number of carbonyl (C=O) groups is 2. The summed E-state index contributed by atoms with van der Waals surface area (Å²) in [5.74, 6) is -0.283. The van der Waals surface area contributed by atoms with Crippen molar-refractivity contribution in [2.24, 2.45) is 0 Å². The highest BCUT2D eigenvalue weighted by atomic mass is 32.2. The van der Waals surface area contributed by atoms with E-state index >= 15 is 0 Å². The molecule has 1 fully saturated rings.